The summed E-state index contributed by atoms with van der Waals surface area (Å²) in [4.78, 5) is 42.9. The van der Waals surface area contributed by atoms with Gasteiger partial charge in [-0.25, -0.2) is 9.67 Å². The molecule has 2 aromatic heterocycles. The molecule has 170 valence electrons. The van der Waals surface area contributed by atoms with E-state index in [9.17, 15) is 19.5 Å². The van der Waals surface area contributed by atoms with Gasteiger partial charge in [-0.15, -0.1) is 28.2 Å². The smallest absolute Gasteiger partial charge is 0.549 e. The monoisotopic (exact) mass is 538 g/mol. The summed E-state index contributed by atoms with van der Waals surface area (Å²) < 4.78 is 1.44. The molecule has 2 unspecified atom stereocenters. The number of thiazole rings is 1. The van der Waals surface area contributed by atoms with Gasteiger partial charge in [0.15, 0.2) is 5.13 Å². The Balaban J connectivity index is 0.00000306. The summed E-state index contributed by atoms with van der Waals surface area (Å²) in [5, 5.41) is 27.7. The molecule has 33 heavy (non-hydrogen) atoms. The number of hydrogen-bond donors (Lipinski definition) is 2. The molecule has 17 heteroatoms. The van der Waals surface area contributed by atoms with Crippen molar-refractivity contribution in [1.82, 2.24) is 35.4 Å². The van der Waals surface area contributed by atoms with Gasteiger partial charge in [-0.3, -0.25) is 9.59 Å². The number of aliphatic carboxylic acids is 1. The molecular formula is C16H16ClN8NaO4S3. The number of nitrogens with two attached hydrogens (primary N) is 1. The minimum Gasteiger partial charge on any atom is -0.549 e. The van der Waals surface area contributed by atoms with E-state index in [4.69, 9.17) is 17.3 Å². The van der Waals surface area contributed by atoms with Crippen LogP contribution in [0.1, 0.15) is 5.69 Å². The number of halogens is 1. The Morgan fingerprint density at radius 2 is 2.27 bits per heavy atom. The van der Waals surface area contributed by atoms with Gasteiger partial charge in [0, 0.05) is 41.4 Å². The molecule has 2 aliphatic heterocycles. The van der Waals surface area contributed by atoms with Crippen molar-refractivity contribution in [1.29, 1.82) is 0 Å². The first-order chi connectivity index (χ1) is 15.3. The maximum Gasteiger partial charge on any atom is 1.00 e. The zero-order valence-corrected chi connectivity index (χ0v) is 22.6. The van der Waals surface area contributed by atoms with E-state index >= 15 is 0 Å². The Morgan fingerprint density at radius 1 is 1.52 bits per heavy atom. The van der Waals surface area contributed by atoms with Crippen LogP contribution in [0.4, 0.5) is 5.13 Å². The molecule has 0 spiro atoms. The van der Waals surface area contributed by atoms with Crippen LogP contribution >= 0.6 is 46.5 Å². The second-order valence-electron chi connectivity index (χ2n) is 7.15. The number of anilines is 1. The maximum atomic E-state index is 12.7. The molecule has 2 saturated heterocycles. The molecule has 2 amide bonds. The Morgan fingerprint density at radius 3 is 2.85 bits per heavy atom. The van der Waals surface area contributed by atoms with E-state index in [-0.39, 0.29) is 64.2 Å². The summed E-state index contributed by atoms with van der Waals surface area (Å²) in [6.45, 7) is -0.0305. The first-order valence-electron chi connectivity index (χ1n) is 9.07. The third-order valence-electron chi connectivity index (χ3n) is 5.07. The van der Waals surface area contributed by atoms with Crippen LogP contribution in [0.3, 0.4) is 0 Å². The van der Waals surface area contributed by atoms with Crippen LogP contribution in [0.15, 0.2) is 16.1 Å². The van der Waals surface area contributed by atoms with Crippen molar-refractivity contribution in [2.45, 2.75) is 16.6 Å². The van der Waals surface area contributed by atoms with Crippen molar-refractivity contribution in [2.75, 3.05) is 23.8 Å². The number of nitrogens with one attached hydrogen (secondary N) is 1. The average molecular weight is 539 g/mol. The molecule has 3 N–H and O–H groups in total. The summed E-state index contributed by atoms with van der Waals surface area (Å²) in [6.07, 6.45) is 0. The summed E-state index contributed by atoms with van der Waals surface area (Å²) >= 11 is 9.41. The SMILES string of the molecule is Cn1nnnc1SCC1(C(=O)[O-])CS[C@@H]2C(NC(=O)C(=CCl)c3csc(N)n3)C(=O)N2C1.[Na+]. The van der Waals surface area contributed by atoms with Crippen LogP contribution in [0.5, 0.6) is 0 Å². The number of carboxylic acids is 1. The Bertz CT molecular complexity index is 1110. The number of carbonyl (C=O) groups is 3. The molecule has 0 radical (unpaired) electrons. The van der Waals surface area contributed by atoms with E-state index in [1.54, 1.807) is 12.4 Å². The number of carboxylic acid groups (broad SMARTS) is 1. The fourth-order valence-electron chi connectivity index (χ4n) is 3.30. The quantitative estimate of drug-likeness (QED) is 0.151. The molecule has 0 bridgehead atoms. The molecule has 3 atom stereocenters. The van der Waals surface area contributed by atoms with Crippen molar-refractivity contribution >= 4 is 74.9 Å². The maximum absolute atomic E-state index is 12.7. The number of thioether (sulfide) groups is 2. The van der Waals surface area contributed by atoms with Gasteiger partial charge in [0.2, 0.25) is 11.1 Å². The van der Waals surface area contributed by atoms with Gasteiger partial charge in [-0.1, -0.05) is 23.4 Å². The third kappa shape index (κ3) is 5.04. The normalized spacial score (nSPS) is 24.5. The van der Waals surface area contributed by atoms with E-state index < -0.39 is 28.7 Å². The topological polar surface area (TPSA) is 172 Å². The predicted molar refractivity (Wildman–Crippen MR) is 117 cm³/mol. The number of tetrazole rings is 1. The number of aryl methyl sites for hydroxylation is 1. The molecule has 4 rings (SSSR count). The van der Waals surface area contributed by atoms with E-state index in [1.165, 1.54) is 33.1 Å². The molecule has 12 nitrogen and oxygen atoms in total. The Hall–Kier alpha value is -1.36. The number of amides is 2. The second kappa shape index (κ2) is 10.5. The number of fused-ring (bicyclic) bond motifs is 1. The zero-order chi connectivity index (χ0) is 23.0. The van der Waals surface area contributed by atoms with Crippen LogP contribution in [-0.2, 0) is 21.4 Å². The van der Waals surface area contributed by atoms with Crippen LogP contribution in [-0.4, -0.2) is 77.3 Å². The number of rotatable bonds is 7. The summed E-state index contributed by atoms with van der Waals surface area (Å²) in [7, 11) is 1.65. The number of carbonyl (C=O) groups excluding carboxylic acids is 3. The van der Waals surface area contributed by atoms with Crippen molar-refractivity contribution in [3.8, 4) is 0 Å². The standard InChI is InChI=1S/C16H17ClN8O4S3.Na/c1-24-15(21-22-23-24)32-6-16(13(28)29)4-25-11(27)9(12(25)31-5-16)20-10(26)7(2-17)8-3-30-14(18)19-8;/h2-3,9,12H,4-6H2,1H3,(H2,18,19)(H,20,26)(H,28,29);/q;+1/p-1/t9?,12-,16?;/m1./s1. The minimum atomic E-state index is -1.28. The first kappa shape index (κ1) is 26.2. The molecular weight excluding hydrogens is 523 g/mol. The molecule has 0 aliphatic carbocycles. The van der Waals surface area contributed by atoms with E-state index in [0.29, 0.717) is 10.9 Å². The second-order valence-corrected chi connectivity index (χ2v) is 10.3. The molecule has 2 aromatic rings. The number of nitrogen functional groups attached to an aromatic ring is 1. The van der Waals surface area contributed by atoms with Gasteiger partial charge in [-0.05, 0) is 10.4 Å². The van der Waals surface area contributed by atoms with Crippen molar-refractivity contribution < 1.29 is 49.0 Å². The number of aromatic nitrogens is 5. The molecule has 0 saturated carbocycles. The van der Waals surface area contributed by atoms with Gasteiger partial charge >= 0.3 is 29.6 Å². The molecule has 0 aromatic carbocycles. The Labute approximate surface area is 227 Å². The fraction of sp³-hybridized carbons (Fsp3) is 0.438. The summed E-state index contributed by atoms with van der Waals surface area (Å²) in [6, 6.07) is -0.801. The average Bonchev–Trinajstić information content (AvgIpc) is 3.38. The number of hydrogen-bond acceptors (Lipinski definition) is 12. The van der Waals surface area contributed by atoms with Gasteiger partial charge in [-0.2, -0.15) is 0 Å². The van der Waals surface area contributed by atoms with E-state index in [1.807, 2.05) is 0 Å². The number of β-lactam (4-membered cyclic amide) rings is 1. The van der Waals surface area contributed by atoms with Crippen molar-refractivity contribution in [3.05, 3.63) is 16.6 Å². The van der Waals surface area contributed by atoms with Gasteiger partial charge < -0.3 is 25.9 Å². The first-order valence-corrected chi connectivity index (χ1v) is 12.4. The minimum absolute atomic E-state index is 0. The van der Waals surface area contributed by atoms with Crippen LogP contribution < -0.4 is 45.7 Å². The van der Waals surface area contributed by atoms with Crippen molar-refractivity contribution in [2.24, 2.45) is 12.5 Å². The zero-order valence-electron chi connectivity index (χ0n) is 17.4. The van der Waals surface area contributed by atoms with Crippen molar-refractivity contribution in [3.63, 3.8) is 0 Å². The van der Waals surface area contributed by atoms with Crippen LogP contribution in [0, 0.1) is 5.41 Å². The fourth-order valence-corrected chi connectivity index (χ4v) is 6.77. The summed E-state index contributed by atoms with van der Waals surface area (Å²) in [5.41, 5.74) is 5.81. The van der Waals surface area contributed by atoms with E-state index in [0.717, 1.165) is 16.9 Å². The van der Waals surface area contributed by atoms with Gasteiger partial charge in [0.05, 0.1) is 17.2 Å². The predicted octanol–water partition coefficient (Wildman–Crippen LogP) is -4.24. The Kier molecular flexibility index (Phi) is 8.35. The summed E-state index contributed by atoms with van der Waals surface area (Å²) in [5.74, 6) is -1.85. The molecule has 2 fully saturated rings. The third-order valence-corrected chi connectivity index (χ3v) is 8.86. The van der Waals surface area contributed by atoms with E-state index in [2.05, 4.69) is 25.8 Å². The van der Waals surface area contributed by atoms with Gasteiger partial charge in [0.1, 0.15) is 11.4 Å². The van der Waals surface area contributed by atoms with Gasteiger partial charge in [0.25, 0.3) is 5.91 Å². The largest absolute Gasteiger partial charge is 1.00 e. The van der Waals surface area contributed by atoms with Crippen LogP contribution in [0.2, 0.25) is 0 Å². The molecule has 4 heterocycles. The van der Waals surface area contributed by atoms with Crippen LogP contribution in [0.25, 0.3) is 5.57 Å². The number of nitrogens with zero attached hydrogens (tertiary/aromatic N) is 6. The molecule has 2 aliphatic rings.